The van der Waals surface area contributed by atoms with Crippen molar-refractivity contribution in [3.8, 4) is 11.5 Å². The Morgan fingerprint density at radius 2 is 1.42 bits per heavy atom. The van der Waals surface area contributed by atoms with Gasteiger partial charge in [0.1, 0.15) is 0 Å². The number of aromatic amines is 1. The van der Waals surface area contributed by atoms with Crippen LogP contribution in [0.2, 0.25) is 0 Å². The van der Waals surface area contributed by atoms with Crippen molar-refractivity contribution in [2.45, 2.75) is 77.2 Å². The molecule has 2 heterocycles. The van der Waals surface area contributed by atoms with E-state index in [4.69, 9.17) is 23.5 Å². The molecule has 0 radical (unpaired) electrons. The predicted molar refractivity (Wildman–Crippen MR) is 196 cm³/mol. The number of rotatable bonds is 14. The fourth-order valence-corrected chi connectivity index (χ4v) is 9.99. The number of aryl methyl sites for hydroxylation is 1. The molecule has 0 saturated carbocycles. The Hall–Kier alpha value is -3.83. The molecule has 0 amide bonds. The summed E-state index contributed by atoms with van der Waals surface area (Å²) in [5, 5.41) is 0. The van der Waals surface area contributed by atoms with E-state index >= 15 is 0 Å². The molecule has 1 aromatic heterocycles. The Bertz CT molecular complexity index is 1770. The number of methoxy groups -OCH3 is 2. The first kappa shape index (κ1) is 37.4. The number of H-pyrrole nitrogens is 1. The van der Waals surface area contributed by atoms with Crippen LogP contribution in [0.3, 0.4) is 0 Å². The van der Waals surface area contributed by atoms with Gasteiger partial charge in [0.25, 0.3) is 0 Å². The van der Waals surface area contributed by atoms with Crippen molar-refractivity contribution in [1.82, 2.24) is 14.2 Å². The number of nitrogens with zero attached hydrogens (tertiary/aromatic N) is 2. The molecular weight excluding hydrogens is 657 g/mol. The van der Waals surface area contributed by atoms with E-state index in [0.29, 0.717) is 17.1 Å². The van der Waals surface area contributed by atoms with E-state index in [0.717, 1.165) is 16.7 Å². The Morgan fingerprint density at radius 1 is 0.900 bits per heavy atom. The molecule has 0 spiro atoms. The van der Waals surface area contributed by atoms with Crippen LogP contribution in [0.15, 0.2) is 94.6 Å². The van der Waals surface area contributed by atoms with Gasteiger partial charge in [-0.25, -0.2) is 0 Å². The quantitative estimate of drug-likeness (QED) is 0.124. The number of aromatic nitrogens is 2. The van der Waals surface area contributed by atoms with Crippen LogP contribution in [0.25, 0.3) is 0 Å². The number of hydrogen-bond donors (Lipinski definition) is 2. The second kappa shape index (κ2) is 15.6. The van der Waals surface area contributed by atoms with Crippen LogP contribution in [-0.2, 0) is 19.6 Å². The summed E-state index contributed by atoms with van der Waals surface area (Å²) in [4.78, 5) is 39.6. The molecule has 12 heteroatoms. The maximum atomic E-state index is 13.0. The van der Waals surface area contributed by atoms with Gasteiger partial charge < -0.3 is 0 Å². The third-order valence-corrected chi connectivity index (χ3v) is 12.0. The van der Waals surface area contributed by atoms with Gasteiger partial charge in [0.05, 0.1) is 0 Å². The van der Waals surface area contributed by atoms with Crippen molar-refractivity contribution >= 4 is 7.87 Å². The van der Waals surface area contributed by atoms with Gasteiger partial charge in [0, 0.05) is 0 Å². The molecule has 1 saturated heterocycles. The van der Waals surface area contributed by atoms with E-state index in [-0.39, 0.29) is 25.1 Å². The molecule has 1 fully saturated rings. The summed E-state index contributed by atoms with van der Waals surface area (Å²) >= 11 is 0. The summed E-state index contributed by atoms with van der Waals surface area (Å²) in [7, 11) is -0.242. The zero-order valence-corrected chi connectivity index (χ0v) is 31.1. The van der Waals surface area contributed by atoms with Crippen LogP contribution in [0.5, 0.6) is 11.5 Å². The summed E-state index contributed by atoms with van der Waals surface area (Å²) in [5.74, 6) is 1.41. The molecule has 11 nitrogen and oxygen atoms in total. The molecule has 0 aliphatic carbocycles. The second-order valence-electron chi connectivity index (χ2n) is 13.3. The van der Waals surface area contributed by atoms with Gasteiger partial charge in [0.15, 0.2) is 0 Å². The normalized spacial score (nSPS) is 18.6. The molecule has 1 aliphatic heterocycles. The minimum atomic E-state index is -3.49. The average molecular weight is 708 g/mol. The van der Waals surface area contributed by atoms with E-state index in [1.54, 1.807) is 27.8 Å². The van der Waals surface area contributed by atoms with Crippen molar-refractivity contribution < 1.29 is 28.4 Å². The monoisotopic (exact) mass is 707 g/mol. The first-order valence-electron chi connectivity index (χ1n) is 17.0. The van der Waals surface area contributed by atoms with Crippen LogP contribution >= 0.6 is 7.87 Å². The van der Waals surface area contributed by atoms with Gasteiger partial charge in [-0.3, -0.25) is 0 Å². The average Bonchev–Trinajstić information content (AvgIpc) is 3.48. The topological polar surface area (TPSA) is 124 Å². The molecule has 1 aliphatic rings. The first-order chi connectivity index (χ1) is 23.8. The van der Waals surface area contributed by atoms with Gasteiger partial charge in [0.2, 0.25) is 0 Å². The van der Waals surface area contributed by atoms with Crippen LogP contribution in [0.1, 0.15) is 62.6 Å². The van der Waals surface area contributed by atoms with Crippen LogP contribution in [-0.4, -0.2) is 70.9 Å². The third kappa shape index (κ3) is 7.73. The summed E-state index contributed by atoms with van der Waals surface area (Å²) in [5.41, 5.74) is 0.780. The summed E-state index contributed by atoms with van der Waals surface area (Å²) in [6.07, 6.45) is -0.393. The number of hydrogen-bond acceptors (Lipinski definition) is 9. The van der Waals surface area contributed by atoms with Crippen LogP contribution < -0.4 is 20.7 Å². The summed E-state index contributed by atoms with van der Waals surface area (Å²) in [6, 6.07) is 25.5. The Balaban J connectivity index is 1.61. The molecule has 2 N–H and O–H groups in total. The first-order valence-corrected chi connectivity index (χ1v) is 19.3. The number of nitrogens with one attached hydrogen (secondary N) is 1. The molecule has 5 rings (SSSR count). The predicted octanol–water partition coefficient (Wildman–Crippen LogP) is 5.78. The zero-order chi connectivity index (χ0) is 36.2. The van der Waals surface area contributed by atoms with Gasteiger partial charge in [-0.15, -0.1) is 0 Å². The van der Waals surface area contributed by atoms with E-state index in [1.165, 1.54) is 10.8 Å². The fraction of sp³-hybridized carbons (Fsp3) is 0.421. The molecule has 4 aromatic rings. The molecule has 0 unspecified atom stereocenters. The SMILES string of the molecule is COc1ccc(C(OC[C@H]2O[C@@H](n3cc(C)c(=O)[nH]c3=O)C[C@@H]2O[PH](C)(O)N(C(C)C)C(C)C)(c2ccccc2)c2ccc(OC)cc2)cc1. The molecular formula is C38H50N3O8P. The minimum absolute atomic E-state index is 0.0184. The summed E-state index contributed by atoms with van der Waals surface area (Å²) < 4.78 is 34.8. The zero-order valence-electron chi connectivity index (χ0n) is 30.1. The Kier molecular flexibility index (Phi) is 11.7. The van der Waals surface area contributed by atoms with Gasteiger partial charge >= 0.3 is 295 Å². The van der Waals surface area contributed by atoms with Crippen LogP contribution in [0.4, 0.5) is 0 Å². The van der Waals surface area contributed by atoms with Crippen molar-refractivity contribution in [2.24, 2.45) is 0 Å². The molecule has 0 bridgehead atoms. The van der Waals surface area contributed by atoms with Gasteiger partial charge in [-0.2, -0.15) is 0 Å². The van der Waals surface area contributed by atoms with Crippen molar-refractivity contribution in [3.63, 3.8) is 0 Å². The number of ether oxygens (including phenoxy) is 4. The van der Waals surface area contributed by atoms with Crippen molar-refractivity contribution in [1.29, 1.82) is 0 Å². The molecule has 50 heavy (non-hydrogen) atoms. The summed E-state index contributed by atoms with van der Waals surface area (Å²) in [6.45, 7) is 11.5. The van der Waals surface area contributed by atoms with E-state index in [9.17, 15) is 14.5 Å². The molecule has 270 valence electrons. The molecule has 3 aromatic carbocycles. The fourth-order valence-electron chi connectivity index (χ4n) is 7.13. The maximum absolute atomic E-state index is 13.0. The third-order valence-electron chi connectivity index (χ3n) is 9.24. The van der Waals surface area contributed by atoms with E-state index < -0.39 is 43.2 Å². The standard InChI is InChI=1S/C38H50N3O8P/c1-25(2)41(26(3)4)50(8,44)49-33-22-35(40-23-27(5)36(42)39-37(40)43)48-34(33)24-47-38(28-12-10-9-11-13-28,29-14-18-31(45-6)19-15-29)30-16-20-32(46-7)21-17-30/h9-21,23,25-26,33-35,44,50H,22,24H2,1-8H3,(H,39,42,43)/t33-,34+,35+/m0/s1. The van der Waals surface area contributed by atoms with Crippen molar-refractivity contribution in [3.05, 3.63) is 128 Å². The van der Waals surface area contributed by atoms with E-state index in [2.05, 4.69) is 4.98 Å². The molecule has 3 atom stereocenters. The van der Waals surface area contributed by atoms with Gasteiger partial charge in [-0.05, 0) is 0 Å². The van der Waals surface area contributed by atoms with Crippen molar-refractivity contribution in [2.75, 3.05) is 27.5 Å². The Morgan fingerprint density at radius 3 is 1.92 bits per heavy atom. The Labute approximate surface area is 294 Å². The number of benzene rings is 3. The van der Waals surface area contributed by atoms with E-state index in [1.807, 2.05) is 111 Å². The van der Waals surface area contributed by atoms with Crippen LogP contribution in [0, 0.1) is 6.92 Å². The second-order valence-corrected chi connectivity index (χ2v) is 16.0. The van der Waals surface area contributed by atoms with Gasteiger partial charge in [-0.1, -0.05) is 0 Å².